The molecule has 1 aliphatic heterocycles. The Morgan fingerprint density at radius 3 is 2.76 bits per heavy atom. The first kappa shape index (κ1) is 15.8. The molecule has 0 N–H and O–H groups in total. The summed E-state index contributed by atoms with van der Waals surface area (Å²) in [5.74, 6) is 1.03. The second-order valence-corrected chi connectivity index (χ2v) is 5.32. The van der Waals surface area contributed by atoms with Crippen LogP contribution in [0, 0.1) is 0 Å². The first-order valence-corrected chi connectivity index (χ1v) is 7.27. The van der Waals surface area contributed by atoms with Crippen molar-refractivity contribution in [1.82, 2.24) is 9.80 Å². The first-order chi connectivity index (χ1) is 10.2. The zero-order valence-corrected chi connectivity index (χ0v) is 13.0. The molecule has 2 rings (SSSR count). The largest absolute Gasteiger partial charge is 0.496 e. The minimum absolute atomic E-state index is 0.157. The third-order valence-electron chi connectivity index (χ3n) is 4.02. The third kappa shape index (κ3) is 3.74. The van der Waals surface area contributed by atoms with Crippen molar-refractivity contribution in [1.29, 1.82) is 0 Å². The van der Waals surface area contributed by atoms with E-state index in [1.54, 1.807) is 14.2 Å². The van der Waals surface area contributed by atoms with Gasteiger partial charge in [-0.25, -0.2) is 0 Å². The fraction of sp³-hybridized carbons (Fsp3) is 0.562. The van der Waals surface area contributed by atoms with Crippen molar-refractivity contribution in [3.05, 3.63) is 29.8 Å². The summed E-state index contributed by atoms with van der Waals surface area (Å²) in [5.41, 5.74) is 1.13. The molecule has 1 saturated heterocycles. The molecule has 0 unspecified atom stereocenters. The highest BCUT2D eigenvalue weighted by Crippen LogP contribution is 2.31. The van der Waals surface area contributed by atoms with Crippen molar-refractivity contribution >= 4 is 5.91 Å². The Labute approximate surface area is 126 Å². The molecule has 0 bridgehead atoms. The van der Waals surface area contributed by atoms with E-state index < -0.39 is 0 Å². The summed E-state index contributed by atoms with van der Waals surface area (Å²) in [7, 11) is 5.39. The molecule has 5 nitrogen and oxygen atoms in total. The van der Waals surface area contributed by atoms with Crippen LogP contribution in [0.15, 0.2) is 24.3 Å². The van der Waals surface area contributed by atoms with Gasteiger partial charge in [0.05, 0.1) is 26.2 Å². The summed E-state index contributed by atoms with van der Waals surface area (Å²) >= 11 is 0. The van der Waals surface area contributed by atoms with Crippen molar-refractivity contribution in [2.24, 2.45) is 0 Å². The van der Waals surface area contributed by atoms with Crippen molar-refractivity contribution in [3.63, 3.8) is 0 Å². The molecule has 0 radical (unpaired) electrons. The Bertz CT molecular complexity index is 478. The summed E-state index contributed by atoms with van der Waals surface area (Å²) in [4.78, 5) is 16.4. The molecule has 1 atom stereocenters. The van der Waals surface area contributed by atoms with Crippen LogP contribution in [0.25, 0.3) is 0 Å². The lowest BCUT2D eigenvalue weighted by atomic mass is 10.0. The van der Waals surface area contributed by atoms with Crippen LogP contribution in [0.1, 0.15) is 18.0 Å². The molecule has 5 heteroatoms. The Hall–Kier alpha value is -1.59. The van der Waals surface area contributed by atoms with Gasteiger partial charge in [-0.15, -0.1) is 0 Å². The van der Waals surface area contributed by atoms with E-state index in [9.17, 15) is 4.79 Å². The van der Waals surface area contributed by atoms with Crippen LogP contribution in [0.2, 0.25) is 0 Å². The van der Waals surface area contributed by atoms with Gasteiger partial charge in [-0.2, -0.15) is 0 Å². The van der Waals surface area contributed by atoms with Crippen LogP contribution in [-0.2, 0) is 9.53 Å². The predicted molar refractivity (Wildman–Crippen MR) is 81.4 cm³/mol. The van der Waals surface area contributed by atoms with Crippen LogP contribution in [0.3, 0.4) is 0 Å². The molecule has 21 heavy (non-hydrogen) atoms. The molecule has 116 valence electrons. The molecule has 1 amide bonds. The van der Waals surface area contributed by atoms with Gasteiger partial charge in [-0.3, -0.25) is 9.69 Å². The van der Waals surface area contributed by atoms with Gasteiger partial charge in [0.25, 0.3) is 0 Å². The maximum Gasteiger partial charge on any atom is 0.224 e. The van der Waals surface area contributed by atoms with Crippen molar-refractivity contribution in [2.75, 3.05) is 47.5 Å². The van der Waals surface area contributed by atoms with Gasteiger partial charge >= 0.3 is 0 Å². The molecule has 0 aliphatic carbocycles. The van der Waals surface area contributed by atoms with Crippen molar-refractivity contribution < 1.29 is 14.3 Å². The topological polar surface area (TPSA) is 42.0 Å². The maximum absolute atomic E-state index is 12.2. The molecule has 1 heterocycles. The minimum atomic E-state index is 0.157. The summed E-state index contributed by atoms with van der Waals surface area (Å²) in [6, 6.07) is 8.18. The number of nitrogens with zero attached hydrogens (tertiary/aromatic N) is 2. The van der Waals surface area contributed by atoms with E-state index in [0.29, 0.717) is 19.6 Å². The number of rotatable bonds is 5. The van der Waals surface area contributed by atoms with Crippen molar-refractivity contribution in [3.8, 4) is 5.75 Å². The Kier molecular flexibility index (Phi) is 5.59. The number of para-hydroxylation sites is 1. The Morgan fingerprint density at radius 2 is 2.05 bits per heavy atom. The standard InChI is InChI=1S/C16H24N2O3/c1-17-9-10-18(16(19)8-11-20-2)12-14(17)13-6-4-5-7-15(13)21-3/h4-7,14H,8-12H2,1-3H3/t14-/m1/s1. The average molecular weight is 292 g/mol. The number of amides is 1. The van der Waals surface area contributed by atoms with Gasteiger partial charge in [0.15, 0.2) is 0 Å². The fourth-order valence-electron chi connectivity index (χ4n) is 2.73. The number of piperazine rings is 1. The number of carbonyl (C=O) groups excluding carboxylic acids is 1. The van der Waals surface area contributed by atoms with E-state index >= 15 is 0 Å². The van der Waals surface area contributed by atoms with Gasteiger partial charge in [0, 0.05) is 32.3 Å². The molecule has 0 saturated carbocycles. The normalized spacial score (nSPS) is 19.6. The van der Waals surface area contributed by atoms with Crippen LogP contribution in [0.5, 0.6) is 5.75 Å². The highest BCUT2D eigenvalue weighted by atomic mass is 16.5. The van der Waals surface area contributed by atoms with E-state index in [2.05, 4.69) is 18.0 Å². The Morgan fingerprint density at radius 1 is 1.29 bits per heavy atom. The minimum Gasteiger partial charge on any atom is -0.496 e. The molecular formula is C16H24N2O3. The fourth-order valence-corrected chi connectivity index (χ4v) is 2.73. The van der Waals surface area contributed by atoms with Crippen LogP contribution in [-0.4, -0.2) is 63.2 Å². The first-order valence-electron chi connectivity index (χ1n) is 7.27. The Balaban J connectivity index is 2.12. The maximum atomic E-state index is 12.2. The number of benzene rings is 1. The second-order valence-electron chi connectivity index (χ2n) is 5.32. The summed E-state index contributed by atoms with van der Waals surface area (Å²) in [5, 5.41) is 0. The number of ether oxygens (including phenoxy) is 2. The summed E-state index contributed by atoms with van der Waals surface area (Å²) in [6.45, 7) is 2.80. The quantitative estimate of drug-likeness (QED) is 0.826. The number of carbonyl (C=O) groups is 1. The molecular weight excluding hydrogens is 268 g/mol. The van der Waals surface area contributed by atoms with E-state index in [-0.39, 0.29) is 11.9 Å². The van der Waals surface area contributed by atoms with Crippen LogP contribution in [0.4, 0.5) is 0 Å². The third-order valence-corrected chi connectivity index (χ3v) is 4.02. The average Bonchev–Trinajstić information content (AvgIpc) is 2.53. The van der Waals surface area contributed by atoms with Gasteiger partial charge in [0.2, 0.25) is 5.91 Å². The highest BCUT2D eigenvalue weighted by Gasteiger charge is 2.29. The predicted octanol–water partition coefficient (Wildman–Crippen LogP) is 1.55. The number of hydrogen-bond acceptors (Lipinski definition) is 4. The molecule has 1 aromatic carbocycles. The van der Waals surface area contributed by atoms with E-state index in [4.69, 9.17) is 9.47 Å². The molecule has 0 aromatic heterocycles. The van der Waals surface area contributed by atoms with Gasteiger partial charge in [-0.05, 0) is 13.1 Å². The lowest BCUT2D eigenvalue weighted by Crippen LogP contribution is -2.49. The molecule has 1 aliphatic rings. The monoisotopic (exact) mass is 292 g/mol. The van der Waals surface area contributed by atoms with E-state index in [0.717, 1.165) is 24.4 Å². The summed E-state index contributed by atoms with van der Waals surface area (Å²) in [6.07, 6.45) is 0.443. The number of likely N-dealkylation sites (N-methyl/N-ethyl adjacent to an activating group) is 1. The van der Waals surface area contributed by atoms with Crippen molar-refractivity contribution in [2.45, 2.75) is 12.5 Å². The lowest BCUT2D eigenvalue weighted by molar-refractivity contribution is -0.135. The summed E-state index contributed by atoms with van der Waals surface area (Å²) < 4.78 is 10.5. The highest BCUT2D eigenvalue weighted by molar-refractivity contribution is 5.76. The smallest absolute Gasteiger partial charge is 0.224 e. The van der Waals surface area contributed by atoms with Gasteiger partial charge in [0.1, 0.15) is 5.75 Å². The van der Waals surface area contributed by atoms with Gasteiger partial charge < -0.3 is 14.4 Å². The van der Waals surface area contributed by atoms with E-state index in [1.165, 1.54) is 0 Å². The van der Waals surface area contributed by atoms with E-state index in [1.807, 2.05) is 23.1 Å². The zero-order chi connectivity index (χ0) is 15.2. The lowest BCUT2D eigenvalue weighted by Gasteiger charge is -2.40. The zero-order valence-electron chi connectivity index (χ0n) is 13.0. The van der Waals surface area contributed by atoms with Gasteiger partial charge in [-0.1, -0.05) is 18.2 Å². The van der Waals surface area contributed by atoms with Crippen LogP contribution >= 0.6 is 0 Å². The van der Waals surface area contributed by atoms with Crippen LogP contribution < -0.4 is 4.74 Å². The second kappa shape index (κ2) is 7.43. The number of methoxy groups -OCH3 is 2. The number of hydrogen-bond donors (Lipinski definition) is 0. The molecule has 1 aromatic rings. The molecule has 1 fully saturated rings. The molecule has 0 spiro atoms. The SMILES string of the molecule is COCCC(=O)N1CCN(C)[C@@H](c2ccccc2OC)C1.